The maximum absolute atomic E-state index is 14.9. The van der Waals surface area contributed by atoms with Gasteiger partial charge in [0, 0.05) is 14.7 Å². The average molecular weight is 781 g/mol. The Morgan fingerprint density at radius 2 is 1.18 bits per heavy atom. The fourth-order valence-corrected chi connectivity index (χ4v) is 7.79. The van der Waals surface area contributed by atoms with Crippen LogP contribution in [0.25, 0.3) is 27.8 Å². The molecule has 6 rings (SSSR count). The van der Waals surface area contributed by atoms with Crippen molar-refractivity contribution < 1.29 is 37.3 Å². The first-order valence-electron chi connectivity index (χ1n) is 15.8. The molecule has 0 N–H and O–H groups in total. The molecule has 0 heterocycles. The summed E-state index contributed by atoms with van der Waals surface area (Å²) in [5, 5.41) is 0. The van der Waals surface area contributed by atoms with Crippen molar-refractivity contribution >= 4 is 40.1 Å². The summed E-state index contributed by atoms with van der Waals surface area (Å²) < 4.78 is 49.6. The SMILES string of the molecule is COC(=O)c1ccc(-c2cc(OC)ccc2F)c(C2=C[C@H]3CC[C@]2(C)C3(C)C)c1.COC(=O)c1ccc(-c2cc(OC)ccc2F)c(I)c1. The van der Waals surface area contributed by atoms with Crippen LogP contribution < -0.4 is 9.47 Å². The van der Waals surface area contributed by atoms with Crippen molar-refractivity contribution in [2.75, 3.05) is 28.4 Å². The summed E-state index contributed by atoms with van der Waals surface area (Å²) in [6, 6.07) is 19.7. The first-order valence-corrected chi connectivity index (χ1v) is 16.9. The molecule has 0 aromatic heterocycles. The van der Waals surface area contributed by atoms with Gasteiger partial charge in [-0.1, -0.05) is 39.0 Å². The third-order valence-corrected chi connectivity index (χ3v) is 11.2. The van der Waals surface area contributed by atoms with Crippen molar-refractivity contribution in [1.82, 2.24) is 0 Å². The zero-order valence-electron chi connectivity index (χ0n) is 28.6. The van der Waals surface area contributed by atoms with Gasteiger partial charge in [0.25, 0.3) is 0 Å². The van der Waals surface area contributed by atoms with E-state index in [0.717, 1.165) is 27.5 Å². The Labute approximate surface area is 299 Å². The summed E-state index contributed by atoms with van der Waals surface area (Å²) in [5.74, 6) is 0.192. The van der Waals surface area contributed by atoms with Gasteiger partial charge in [0.15, 0.2) is 0 Å². The third kappa shape index (κ3) is 6.69. The van der Waals surface area contributed by atoms with E-state index in [0.29, 0.717) is 45.2 Å². The number of halogens is 3. The molecular formula is C40H39F2IO6. The van der Waals surface area contributed by atoms with Gasteiger partial charge in [-0.25, -0.2) is 18.4 Å². The second-order valence-corrected chi connectivity index (χ2v) is 14.1. The van der Waals surface area contributed by atoms with Crippen LogP contribution in [0.5, 0.6) is 11.5 Å². The Morgan fingerprint density at radius 1 is 0.673 bits per heavy atom. The minimum Gasteiger partial charge on any atom is -0.497 e. The summed E-state index contributed by atoms with van der Waals surface area (Å²) in [7, 11) is 5.80. The van der Waals surface area contributed by atoms with Crippen molar-refractivity contribution in [3.63, 3.8) is 0 Å². The molecule has 2 atom stereocenters. The van der Waals surface area contributed by atoms with Gasteiger partial charge in [0.05, 0.1) is 39.6 Å². The molecule has 0 amide bonds. The maximum Gasteiger partial charge on any atom is 0.337 e. The smallest absolute Gasteiger partial charge is 0.337 e. The van der Waals surface area contributed by atoms with Crippen molar-refractivity contribution in [2.45, 2.75) is 33.6 Å². The van der Waals surface area contributed by atoms with Crippen LogP contribution >= 0.6 is 22.6 Å². The normalized spacial score (nSPS) is 18.6. The molecular weight excluding hydrogens is 741 g/mol. The first kappa shape index (κ1) is 36.0. The first-order chi connectivity index (χ1) is 23.3. The predicted octanol–water partition coefficient (Wildman–Crippen LogP) is 10.0. The fraction of sp³-hybridized carbons (Fsp3) is 0.300. The van der Waals surface area contributed by atoms with Crippen LogP contribution in [0.4, 0.5) is 8.78 Å². The minimum atomic E-state index is -0.416. The number of carbonyl (C=O) groups is 2. The van der Waals surface area contributed by atoms with Crippen molar-refractivity contribution in [2.24, 2.45) is 16.7 Å². The summed E-state index contributed by atoms with van der Waals surface area (Å²) >= 11 is 2.06. The second kappa shape index (κ2) is 14.3. The number of rotatable bonds is 7. The molecule has 0 spiro atoms. The highest BCUT2D eigenvalue weighted by atomic mass is 127. The molecule has 6 nitrogen and oxygen atoms in total. The topological polar surface area (TPSA) is 71.1 Å². The van der Waals surface area contributed by atoms with E-state index >= 15 is 0 Å². The zero-order valence-corrected chi connectivity index (χ0v) is 30.7. The highest BCUT2D eigenvalue weighted by Gasteiger charge is 2.57. The van der Waals surface area contributed by atoms with E-state index in [1.54, 1.807) is 55.6 Å². The van der Waals surface area contributed by atoms with Gasteiger partial charge in [-0.15, -0.1) is 0 Å². The van der Waals surface area contributed by atoms with Crippen LogP contribution in [0.2, 0.25) is 0 Å². The van der Waals surface area contributed by atoms with Gasteiger partial charge in [-0.2, -0.15) is 0 Å². The van der Waals surface area contributed by atoms with Crippen molar-refractivity contribution in [1.29, 1.82) is 0 Å². The molecule has 49 heavy (non-hydrogen) atoms. The van der Waals surface area contributed by atoms with Crippen LogP contribution in [0.3, 0.4) is 0 Å². The second-order valence-electron chi connectivity index (χ2n) is 12.9. The van der Waals surface area contributed by atoms with E-state index in [9.17, 15) is 18.4 Å². The van der Waals surface area contributed by atoms with E-state index in [4.69, 9.17) is 14.2 Å². The number of carbonyl (C=O) groups excluding carboxylic acids is 2. The molecule has 2 bridgehead atoms. The molecule has 256 valence electrons. The van der Waals surface area contributed by atoms with Crippen LogP contribution in [-0.4, -0.2) is 40.4 Å². The molecule has 2 aliphatic rings. The zero-order chi connectivity index (χ0) is 35.7. The molecule has 1 fully saturated rings. The summed E-state index contributed by atoms with van der Waals surface area (Å²) in [5.41, 5.74) is 5.47. The molecule has 1 saturated carbocycles. The van der Waals surface area contributed by atoms with Gasteiger partial charge in [0.1, 0.15) is 23.1 Å². The molecule has 0 unspecified atom stereocenters. The summed E-state index contributed by atoms with van der Waals surface area (Å²) in [4.78, 5) is 23.7. The fourth-order valence-electron chi connectivity index (χ4n) is 6.98. The quantitative estimate of drug-likeness (QED) is 0.137. The lowest BCUT2D eigenvalue weighted by atomic mass is 9.65. The molecule has 0 aliphatic heterocycles. The Kier molecular flexibility index (Phi) is 10.5. The lowest BCUT2D eigenvalue weighted by molar-refractivity contribution is 0.0592. The Hall–Kier alpha value is -4.25. The lowest BCUT2D eigenvalue weighted by Gasteiger charge is -2.38. The number of allylic oxidation sites excluding steroid dienone is 2. The van der Waals surface area contributed by atoms with Crippen LogP contribution in [0, 0.1) is 32.0 Å². The monoisotopic (exact) mass is 780 g/mol. The third-order valence-electron chi connectivity index (χ3n) is 10.3. The largest absolute Gasteiger partial charge is 0.497 e. The number of hydrogen-bond acceptors (Lipinski definition) is 6. The van der Waals surface area contributed by atoms with Gasteiger partial charge in [-0.05, 0) is 135 Å². The number of hydrogen-bond donors (Lipinski definition) is 0. The van der Waals surface area contributed by atoms with Gasteiger partial charge >= 0.3 is 11.9 Å². The molecule has 9 heteroatoms. The Balaban J connectivity index is 0.000000205. The van der Waals surface area contributed by atoms with E-state index in [2.05, 4.69) is 54.2 Å². The average Bonchev–Trinajstić information content (AvgIpc) is 3.45. The van der Waals surface area contributed by atoms with Crippen LogP contribution in [0.15, 0.2) is 78.9 Å². The van der Waals surface area contributed by atoms with E-state index < -0.39 is 11.9 Å². The van der Waals surface area contributed by atoms with Gasteiger partial charge in [-0.3, -0.25) is 0 Å². The Bertz CT molecular complexity index is 1950. The number of methoxy groups -OCH3 is 4. The Morgan fingerprint density at radius 3 is 1.63 bits per heavy atom. The molecule has 0 saturated heterocycles. The molecule has 2 aliphatic carbocycles. The van der Waals surface area contributed by atoms with Crippen LogP contribution in [0.1, 0.15) is 59.9 Å². The standard InChI is InChI=1S/C25H27FO3.C15H12FIO3/c1-24(2)16-10-11-25(24,3)21(13-16)19-12-15(23(27)29-5)6-8-18(19)20-14-17(28-4)7-9-22(20)26;1-19-10-4-6-13(16)12(8-10)11-5-3-9(7-14(11)17)15(18)20-2/h6-9,12-14,16H,10-11H2,1-5H3;3-8H,1-2H3/t16-,25+;/m1./s1. The number of esters is 2. The molecule has 4 aromatic rings. The highest BCUT2D eigenvalue weighted by Crippen LogP contribution is 2.68. The number of fused-ring (bicyclic) bond motifs is 2. The number of benzene rings is 4. The van der Waals surface area contributed by atoms with E-state index in [1.165, 1.54) is 39.0 Å². The maximum atomic E-state index is 14.9. The number of ether oxygens (including phenoxy) is 4. The van der Waals surface area contributed by atoms with Crippen molar-refractivity contribution in [3.05, 3.63) is 111 Å². The van der Waals surface area contributed by atoms with Crippen molar-refractivity contribution in [3.8, 4) is 33.8 Å². The van der Waals surface area contributed by atoms with Gasteiger partial charge in [0.2, 0.25) is 0 Å². The van der Waals surface area contributed by atoms with Crippen LogP contribution in [-0.2, 0) is 9.47 Å². The summed E-state index contributed by atoms with van der Waals surface area (Å²) in [6.45, 7) is 6.91. The van der Waals surface area contributed by atoms with E-state index in [1.807, 2.05) is 12.1 Å². The van der Waals surface area contributed by atoms with E-state index in [-0.39, 0.29) is 22.5 Å². The highest BCUT2D eigenvalue weighted by molar-refractivity contribution is 14.1. The van der Waals surface area contributed by atoms with Gasteiger partial charge < -0.3 is 18.9 Å². The lowest BCUT2D eigenvalue weighted by Crippen LogP contribution is -2.29. The summed E-state index contributed by atoms with van der Waals surface area (Å²) in [6.07, 6.45) is 4.58. The molecule has 4 aromatic carbocycles. The molecule has 0 radical (unpaired) electrons. The predicted molar refractivity (Wildman–Crippen MR) is 195 cm³/mol. The minimum absolute atomic E-state index is 0.0312.